The van der Waals surface area contributed by atoms with Crippen molar-refractivity contribution in [2.45, 2.75) is 50.8 Å². The van der Waals surface area contributed by atoms with E-state index in [2.05, 4.69) is 15.3 Å². The molecule has 0 aliphatic heterocycles. The van der Waals surface area contributed by atoms with Crippen LogP contribution in [0.3, 0.4) is 0 Å². The van der Waals surface area contributed by atoms with E-state index in [-0.39, 0.29) is 23.3 Å². The molecule has 0 unspecified atom stereocenters. The summed E-state index contributed by atoms with van der Waals surface area (Å²) >= 11 is 2.76. The molecular formula is C22H23N3O4S2. The summed E-state index contributed by atoms with van der Waals surface area (Å²) in [6.45, 7) is 3.56. The molecule has 0 bridgehead atoms. The molecule has 0 saturated carbocycles. The fourth-order valence-electron chi connectivity index (χ4n) is 3.55. The first-order chi connectivity index (χ1) is 14.9. The van der Waals surface area contributed by atoms with Crippen LogP contribution in [0.15, 0.2) is 34.2 Å². The normalized spacial score (nSPS) is 13.3. The first kappa shape index (κ1) is 21.6. The van der Waals surface area contributed by atoms with E-state index in [1.54, 1.807) is 49.4 Å². The molecule has 0 fully saturated rings. The van der Waals surface area contributed by atoms with Crippen LogP contribution >= 0.6 is 23.1 Å². The number of aromatic amines is 1. The number of hydrogen-bond donors (Lipinski definition) is 2. The summed E-state index contributed by atoms with van der Waals surface area (Å²) in [5.41, 5.74) is 1.89. The van der Waals surface area contributed by atoms with E-state index < -0.39 is 5.97 Å². The second-order valence-corrected chi connectivity index (χ2v) is 9.68. The van der Waals surface area contributed by atoms with Gasteiger partial charge in [0.2, 0.25) is 5.91 Å². The van der Waals surface area contributed by atoms with Crippen LogP contribution in [0, 0.1) is 0 Å². The number of carbonyl (C=O) groups is 2. The summed E-state index contributed by atoms with van der Waals surface area (Å²) in [6.07, 6.45) is 3.97. The lowest BCUT2D eigenvalue weighted by Gasteiger charge is -2.10. The topological polar surface area (TPSA) is 101 Å². The van der Waals surface area contributed by atoms with Crippen LogP contribution in [0.4, 0.5) is 5.69 Å². The Morgan fingerprint density at radius 2 is 2.10 bits per heavy atom. The van der Waals surface area contributed by atoms with E-state index in [0.717, 1.165) is 36.1 Å². The summed E-state index contributed by atoms with van der Waals surface area (Å²) in [6, 6.07) is 6.61. The number of nitrogens with zero attached hydrogens (tertiary/aromatic N) is 1. The number of ether oxygens (including phenoxy) is 1. The van der Waals surface area contributed by atoms with Gasteiger partial charge in [-0.25, -0.2) is 9.78 Å². The maximum absolute atomic E-state index is 12.6. The van der Waals surface area contributed by atoms with Crippen molar-refractivity contribution in [3.8, 4) is 0 Å². The number of fused-ring (bicyclic) bond motifs is 3. The van der Waals surface area contributed by atoms with Crippen molar-refractivity contribution in [1.82, 2.24) is 9.97 Å². The smallest absolute Gasteiger partial charge is 0.338 e. The van der Waals surface area contributed by atoms with E-state index in [1.807, 2.05) is 0 Å². The maximum Gasteiger partial charge on any atom is 0.338 e. The lowest BCUT2D eigenvalue weighted by atomic mass is 9.97. The van der Waals surface area contributed by atoms with E-state index in [4.69, 9.17) is 4.74 Å². The van der Waals surface area contributed by atoms with Crippen molar-refractivity contribution in [2.24, 2.45) is 0 Å². The highest BCUT2D eigenvalue weighted by Gasteiger charge is 2.20. The Morgan fingerprint density at radius 1 is 1.29 bits per heavy atom. The Morgan fingerprint density at radius 3 is 2.90 bits per heavy atom. The third-order valence-corrected chi connectivity index (χ3v) is 6.93. The zero-order valence-corrected chi connectivity index (χ0v) is 19.0. The van der Waals surface area contributed by atoms with Crippen LogP contribution in [0.2, 0.25) is 0 Å². The lowest BCUT2D eigenvalue weighted by molar-refractivity contribution is -0.113. The van der Waals surface area contributed by atoms with Gasteiger partial charge >= 0.3 is 5.97 Å². The molecule has 1 aliphatic rings. The quantitative estimate of drug-likeness (QED) is 0.327. The summed E-state index contributed by atoms with van der Waals surface area (Å²) < 4.78 is 5.18. The zero-order chi connectivity index (χ0) is 22.0. The fourth-order valence-corrected chi connectivity index (χ4v) is 5.53. The van der Waals surface area contributed by atoms with Crippen molar-refractivity contribution in [3.63, 3.8) is 0 Å². The number of H-pyrrole nitrogens is 1. The highest BCUT2D eigenvalue weighted by atomic mass is 32.2. The molecule has 0 saturated heterocycles. The Bertz CT molecular complexity index is 1200. The molecule has 3 aromatic rings. The van der Waals surface area contributed by atoms with Gasteiger partial charge in [0.1, 0.15) is 4.83 Å². The summed E-state index contributed by atoms with van der Waals surface area (Å²) in [7, 11) is 0. The molecule has 0 atom stereocenters. The largest absolute Gasteiger partial charge is 0.459 e. The van der Waals surface area contributed by atoms with E-state index in [0.29, 0.717) is 21.8 Å². The maximum atomic E-state index is 12.6. The van der Waals surface area contributed by atoms with Crippen molar-refractivity contribution in [1.29, 1.82) is 0 Å². The second kappa shape index (κ2) is 9.23. The number of hydrogen-bond acceptors (Lipinski definition) is 7. The average Bonchev–Trinajstić information content (AvgIpc) is 3.11. The van der Waals surface area contributed by atoms with Crippen molar-refractivity contribution in [3.05, 3.63) is 50.6 Å². The van der Waals surface area contributed by atoms with Gasteiger partial charge in [-0.1, -0.05) is 17.8 Å². The molecule has 2 heterocycles. The monoisotopic (exact) mass is 457 g/mol. The minimum absolute atomic E-state index is 0.0835. The highest BCUT2D eigenvalue weighted by molar-refractivity contribution is 7.99. The summed E-state index contributed by atoms with van der Waals surface area (Å²) in [5.74, 6) is -0.609. The molecule has 31 heavy (non-hydrogen) atoms. The molecule has 0 spiro atoms. The van der Waals surface area contributed by atoms with Crippen molar-refractivity contribution < 1.29 is 14.3 Å². The number of benzene rings is 1. The van der Waals surface area contributed by atoms with Crippen molar-refractivity contribution in [2.75, 3.05) is 11.1 Å². The minimum Gasteiger partial charge on any atom is -0.459 e. The molecule has 2 aromatic heterocycles. The van der Waals surface area contributed by atoms with Gasteiger partial charge in [-0.3, -0.25) is 9.59 Å². The molecule has 9 heteroatoms. The molecular weight excluding hydrogens is 434 g/mol. The number of esters is 1. The van der Waals surface area contributed by atoms with Gasteiger partial charge < -0.3 is 15.0 Å². The second-order valence-electron chi connectivity index (χ2n) is 7.63. The molecule has 1 amide bonds. The van der Waals surface area contributed by atoms with E-state index >= 15 is 0 Å². The number of rotatable bonds is 6. The molecule has 2 N–H and O–H groups in total. The number of aromatic nitrogens is 2. The Kier molecular flexibility index (Phi) is 6.43. The predicted octanol–water partition coefficient (Wildman–Crippen LogP) is 4.16. The molecule has 7 nitrogen and oxygen atoms in total. The van der Waals surface area contributed by atoms with Crippen LogP contribution in [0.25, 0.3) is 10.2 Å². The standard InChI is InChI=1S/C22H23N3O4S2/c1-12(2)29-21(28)13-6-5-7-14(10-13)23-17(26)11-30-22-24-19(27)18-15-8-3-4-9-16(15)31-20(18)25-22/h5-7,10,12H,3-4,8-9,11H2,1-2H3,(H,23,26)(H,24,25,27). The van der Waals surface area contributed by atoms with Crippen LogP contribution in [0.1, 0.15) is 47.5 Å². The zero-order valence-electron chi connectivity index (χ0n) is 17.3. The van der Waals surface area contributed by atoms with Gasteiger partial charge in [-0.2, -0.15) is 0 Å². The average molecular weight is 458 g/mol. The number of nitrogens with one attached hydrogen (secondary N) is 2. The van der Waals surface area contributed by atoms with Gasteiger partial charge in [0.15, 0.2) is 5.16 Å². The van der Waals surface area contributed by atoms with Crippen LogP contribution < -0.4 is 10.9 Å². The minimum atomic E-state index is -0.436. The number of carbonyl (C=O) groups excluding carboxylic acids is 2. The first-order valence-corrected chi connectivity index (χ1v) is 12.0. The molecule has 1 aliphatic carbocycles. The Hall–Kier alpha value is -2.65. The number of thiophene rings is 1. The predicted molar refractivity (Wildman–Crippen MR) is 123 cm³/mol. The number of thioether (sulfide) groups is 1. The van der Waals surface area contributed by atoms with Gasteiger partial charge in [-0.15, -0.1) is 11.3 Å². The number of amides is 1. The Balaban J connectivity index is 1.42. The van der Waals surface area contributed by atoms with Gasteiger partial charge in [0, 0.05) is 10.6 Å². The van der Waals surface area contributed by atoms with Crippen LogP contribution in [-0.2, 0) is 22.4 Å². The van der Waals surface area contributed by atoms with E-state index in [9.17, 15) is 14.4 Å². The summed E-state index contributed by atoms with van der Waals surface area (Å²) in [4.78, 5) is 46.4. The van der Waals surface area contributed by atoms with Crippen molar-refractivity contribution >= 4 is 50.9 Å². The first-order valence-electron chi connectivity index (χ1n) is 10.2. The van der Waals surface area contributed by atoms with Gasteiger partial charge in [-0.05, 0) is 63.3 Å². The number of aryl methyl sites for hydroxylation is 2. The van der Waals surface area contributed by atoms with E-state index in [1.165, 1.54) is 16.6 Å². The van der Waals surface area contributed by atoms with Crippen LogP contribution in [-0.4, -0.2) is 33.7 Å². The summed E-state index contributed by atoms with van der Waals surface area (Å²) in [5, 5.41) is 3.91. The SMILES string of the molecule is CC(C)OC(=O)c1cccc(NC(=O)CSc2nc3sc4c(c3c(=O)[nH]2)CCCC4)c1. The molecule has 0 radical (unpaired) electrons. The van der Waals surface area contributed by atoms with Gasteiger partial charge in [0.05, 0.1) is 22.8 Å². The molecule has 162 valence electrons. The third kappa shape index (κ3) is 4.99. The third-order valence-electron chi connectivity index (χ3n) is 4.87. The fraction of sp³-hybridized carbons (Fsp3) is 0.364. The Labute approximate surface area is 187 Å². The van der Waals surface area contributed by atoms with Gasteiger partial charge in [0.25, 0.3) is 5.56 Å². The molecule has 4 rings (SSSR count). The molecule has 1 aromatic carbocycles. The number of anilines is 1. The van der Waals surface area contributed by atoms with Crippen LogP contribution in [0.5, 0.6) is 0 Å². The lowest BCUT2D eigenvalue weighted by Crippen LogP contribution is -2.16. The highest BCUT2D eigenvalue weighted by Crippen LogP contribution is 2.34.